The van der Waals surface area contributed by atoms with Gasteiger partial charge < -0.3 is 9.47 Å². The summed E-state index contributed by atoms with van der Waals surface area (Å²) < 4.78 is 10.5. The zero-order valence-electron chi connectivity index (χ0n) is 7.40. The summed E-state index contributed by atoms with van der Waals surface area (Å²) in [5.74, 6) is 0. The monoisotopic (exact) mass is 179 g/mol. The molecular formula is C10H13NO2. The molecule has 1 aromatic rings. The van der Waals surface area contributed by atoms with Gasteiger partial charge in [0.25, 0.3) is 0 Å². The Morgan fingerprint density at radius 1 is 1.15 bits per heavy atom. The number of ether oxygens (including phenoxy) is 2. The summed E-state index contributed by atoms with van der Waals surface area (Å²) in [5.41, 5.74) is 1.24. The highest BCUT2D eigenvalue weighted by Gasteiger charge is 2.13. The molecule has 1 aliphatic heterocycles. The highest BCUT2D eigenvalue weighted by molar-refractivity contribution is 5.14. The van der Waals surface area contributed by atoms with E-state index in [0.717, 1.165) is 6.54 Å². The summed E-state index contributed by atoms with van der Waals surface area (Å²) >= 11 is 0. The molecule has 2 rings (SSSR count). The molecule has 1 N–H and O–H groups in total. The predicted octanol–water partition coefficient (Wildman–Crippen LogP) is 1.11. The molecule has 3 heteroatoms. The van der Waals surface area contributed by atoms with E-state index in [9.17, 15) is 0 Å². The Kier molecular flexibility index (Phi) is 2.92. The third-order valence-corrected chi connectivity index (χ3v) is 1.94. The Balaban J connectivity index is 1.79. The van der Waals surface area contributed by atoms with Crippen LogP contribution >= 0.6 is 0 Å². The molecule has 0 spiro atoms. The summed E-state index contributed by atoms with van der Waals surface area (Å²) in [5, 5.41) is 3.15. The average Bonchev–Trinajstić information content (AvgIpc) is 2.69. The second kappa shape index (κ2) is 4.37. The molecule has 0 saturated carbocycles. The minimum absolute atomic E-state index is 0.222. The van der Waals surface area contributed by atoms with Gasteiger partial charge in [-0.25, -0.2) is 0 Å². The zero-order valence-corrected chi connectivity index (χ0v) is 7.40. The molecule has 1 saturated heterocycles. The van der Waals surface area contributed by atoms with E-state index in [4.69, 9.17) is 9.47 Å². The van der Waals surface area contributed by atoms with E-state index < -0.39 is 0 Å². The quantitative estimate of drug-likeness (QED) is 0.754. The molecule has 0 unspecified atom stereocenters. The van der Waals surface area contributed by atoms with Gasteiger partial charge >= 0.3 is 0 Å². The molecular weight excluding hydrogens is 166 g/mol. The smallest absolute Gasteiger partial charge is 0.216 e. The molecule has 1 heterocycles. The van der Waals surface area contributed by atoms with Crippen molar-refractivity contribution in [2.24, 2.45) is 0 Å². The topological polar surface area (TPSA) is 30.5 Å². The lowest BCUT2D eigenvalue weighted by molar-refractivity contribution is -0.0676. The Morgan fingerprint density at radius 2 is 1.85 bits per heavy atom. The van der Waals surface area contributed by atoms with E-state index >= 15 is 0 Å². The normalized spacial score (nSPS) is 17.8. The summed E-state index contributed by atoms with van der Waals surface area (Å²) in [7, 11) is 0. The molecule has 0 amide bonds. The van der Waals surface area contributed by atoms with Gasteiger partial charge in [0, 0.05) is 6.54 Å². The second-order valence-electron chi connectivity index (χ2n) is 2.94. The van der Waals surface area contributed by atoms with Crippen LogP contribution in [0.5, 0.6) is 0 Å². The van der Waals surface area contributed by atoms with Crippen molar-refractivity contribution in [3.63, 3.8) is 0 Å². The lowest BCUT2D eigenvalue weighted by atomic mass is 10.2. The van der Waals surface area contributed by atoms with Gasteiger partial charge in [-0.1, -0.05) is 30.3 Å². The van der Waals surface area contributed by atoms with Gasteiger partial charge in [0.05, 0.1) is 13.2 Å². The van der Waals surface area contributed by atoms with Gasteiger partial charge in [0.15, 0.2) is 0 Å². The van der Waals surface area contributed by atoms with Crippen molar-refractivity contribution in [2.45, 2.75) is 13.0 Å². The molecule has 0 atom stereocenters. The highest BCUT2D eigenvalue weighted by Crippen LogP contribution is 2.02. The van der Waals surface area contributed by atoms with Crippen LogP contribution in [-0.4, -0.2) is 19.6 Å². The molecule has 70 valence electrons. The Labute approximate surface area is 77.7 Å². The van der Waals surface area contributed by atoms with E-state index in [-0.39, 0.29) is 6.41 Å². The Morgan fingerprint density at radius 3 is 2.54 bits per heavy atom. The Bertz CT molecular complexity index is 244. The van der Waals surface area contributed by atoms with Gasteiger partial charge in [-0.3, -0.25) is 5.32 Å². The molecule has 0 aliphatic carbocycles. The largest absolute Gasteiger partial charge is 0.337 e. The number of benzene rings is 1. The minimum Gasteiger partial charge on any atom is -0.337 e. The van der Waals surface area contributed by atoms with Gasteiger partial charge in [-0.2, -0.15) is 0 Å². The first-order valence-corrected chi connectivity index (χ1v) is 4.46. The van der Waals surface area contributed by atoms with Crippen LogP contribution < -0.4 is 5.32 Å². The molecule has 1 aliphatic rings. The van der Waals surface area contributed by atoms with Gasteiger partial charge in [-0.05, 0) is 5.56 Å². The van der Waals surface area contributed by atoms with Crippen LogP contribution in [-0.2, 0) is 16.0 Å². The van der Waals surface area contributed by atoms with E-state index in [1.165, 1.54) is 5.56 Å². The molecule has 1 aromatic carbocycles. The maximum absolute atomic E-state index is 5.24. The summed E-state index contributed by atoms with van der Waals surface area (Å²) in [6.45, 7) is 2.16. The van der Waals surface area contributed by atoms with Gasteiger partial charge in [-0.15, -0.1) is 0 Å². The zero-order chi connectivity index (χ0) is 8.93. The second-order valence-corrected chi connectivity index (χ2v) is 2.94. The van der Waals surface area contributed by atoms with Crippen LogP contribution in [0.15, 0.2) is 30.3 Å². The SMILES string of the molecule is c1ccc(CNC2OCCO2)cc1. The van der Waals surface area contributed by atoms with Crippen molar-refractivity contribution in [3.05, 3.63) is 35.9 Å². The maximum atomic E-state index is 5.24. The van der Waals surface area contributed by atoms with Crippen LogP contribution in [0.4, 0.5) is 0 Å². The molecule has 0 aromatic heterocycles. The minimum atomic E-state index is -0.222. The van der Waals surface area contributed by atoms with Crippen molar-refractivity contribution < 1.29 is 9.47 Å². The molecule has 3 nitrogen and oxygen atoms in total. The summed E-state index contributed by atoms with van der Waals surface area (Å²) in [4.78, 5) is 0. The van der Waals surface area contributed by atoms with E-state index in [0.29, 0.717) is 13.2 Å². The summed E-state index contributed by atoms with van der Waals surface area (Å²) in [6, 6.07) is 10.2. The molecule has 1 fully saturated rings. The highest BCUT2D eigenvalue weighted by atomic mass is 16.7. The first-order chi connectivity index (χ1) is 6.45. The lowest BCUT2D eigenvalue weighted by Gasteiger charge is -2.10. The number of rotatable bonds is 3. The van der Waals surface area contributed by atoms with Crippen LogP contribution in [0.1, 0.15) is 5.56 Å². The number of hydrogen-bond donors (Lipinski definition) is 1. The van der Waals surface area contributed by atoms with Crippen LogP contribution in [0.3, 0.4) is 0 Å². The first-order valence-electron chi connectivity index (χ1n) is 4.46. The standard InChI is InChI=1S/C10H13NO2/c1-2-4-9(5-3-1)8-11-10-12-6-7-13-10/h1-5,10-11H,6-8H2. The number of hydrogen-bond acceptors (Lipinski definition) is 3. The van der Waals surface area contributed by atoms with Crippen LogP contribution in [0.25, 0.3) is 0 Å². The molecule has 0 bridgehead atoms. The van der Waals surface area contributed by atoms with Gasteiger partial charge in [0.2, 0.25) is 6.41 Å². The molecule has 13 heavy (non-hydrogen) atoms. The van der Waals surface area contributed by atoms with Crippen molar-refractivity contribution in [1.82, 2.24) is 5.32 Å². The third kappa shape index (κ3) is 2.52. The fourth-order valence-electron chi connectivity index (χ4n) is 1.27. The van der Waals surface area contributed by atoms with Crippen molar-refractivity contribution >= 4 is 0 Å². The van der Waals surface area contributed by atoms with Crippen molar-refractivity contribution in [1.29, 1.82) is 0 Å². The summed E-state index contributed by atoms with van der Waals surface area (Å²) in [6.07, 6.45) is -0.222. The van der Waals surface area contributed by atoms with Crippen LogP contribution in [0, 0.1) is 0 Å². The third-order valence-electron chi connectivity index (χ3n) is 1.94. The first kappa shape index (κ1) is 8.69. The van der Waals surface area contributed by atoms with Crippen LogP contribution in [0.2, 0.25) is 0 Å². The van der Waals surface area contributed by atoms with E-state index in [2.05, 4.69) is 17.4 Å². The maximum Gasteiger partial charge on any atom is 0.216 e. The van der Waals surface area contributed by atoms with E-state index in [1.54, 1.807) is 0 Å². The van der Waals surface area contributed by atoms with E-state index in [1.807, 2.05) is 18.2 Å². The average molecular weight is 179 g/mol. The molecule has 0 radical (unpaired) electrons. The Hall–Kier alpha value is -0.900. The fourth-order valence-corrected chi connectivity index (χ4v) is 1.27. The fraction of sp³-hybridized carbons (Fsp3) is 0.400. The lowest BCUT2D eigenvalue weighted by Crippen LogP contribution is -2.28. The van der Waals surface area contributed by atoms with Crippen molar-refractivity contribution in [3.8, 4) is 0 Å². The van der Waals surface area contributed by atoms with Crippen molar-refractivity contribution in [2.75, 3.05) is 13.2 Å². The number of nitrogens with one attached hydrogen (secondary N) is 1. The predicted molar refractivity (Wildman–Crippen MR) is 49.0 cm³/mol. The van der Waals surface area contributed by atoms with Gasteiger partial charge in [0.1, 0.15) is 0 Å².